The molecular weight excluding hydrogens is 210 g/mol. The number of carbonyl (C=O) groups excluding carboxylic acids is 1. The van der Waals surface area contributed by atoms with Gasteiger partial charge in [-0.1, -0.05) is 0 Å². The number of primary amides is 1. The number of nitrogens with two attached hydrogens (primary N) is 1. The zero-order valence-corrected chi connectivity index (χ0v) is 8.88. The second-order valence-electron chi connectivity index (χ2n) is 3.15. The Labute approximate surface area is 92.7 Å². The summed E-state index contributed by atoms with van der Waals surface area (Å²) in [5.74, 6) is -1.30. The van der Waals surface area contributed by atoms with Crippen molar-refractivity contribution in [3.8, 4) is 0 Å². The van der Waals surface area contributed by atoms with E-state index in [4.69, 9.17) is 10.8 Å². The molecule has 0 unspecified atom stereocenters. The van der Waals surface area contributed by atoms with E-state index in [0.29, 0.717) is 12.4 Å². The summed E-state index contributed by atoms with van der Waals surface area (Å²) in [5, 5.41) is 8.72. The van der Waals surface area contributed by atoms with E-state index in [1.54, 1.807) is 13.0 Å². The highest BCUT2D eigenvalue weighted by atomic mass is 16.4. The van der Waals surface area contributed by atoms with Crippen molar-refractivity contribution in [1.29, 1.82) is 0 Å². The van der Waals surface area contributed by atoms with Gasteiger partial charge in [0.05, 0.1) is 5.56 Å². The third kappa shape index (κ3) is 2.69. The molecule has 0 radical (unpaired) electrons. The van der Waals surface area contributed by atoms with Crippen molar-refractivity contribution in [3.05, 3.63) is 23.9 Å². The highest BCUT2D eigenvalue weighted by Gasteiger charge is 2.16. The van der Waals surface area contributed by atoms with E-state index in [-0.39, 0.29) is 12.1 Å². The number of nitrogens with zero attached hydrogens (tertiary/aromatic N) is 2. The van der Waals surface area contributed by atoms with Gasteiger partial charge < -0.3 is 15.7 Å². The number of carboxylic acids is 1. The predicted molar refractivity (Wildman–Crippen MR) is 58.3 cm³/mol. The summed E-state index contributed by atoms with van der Waals surface area (Å²) < 4.78 is 0. The molecule has 0 aliphatic heterocycles. The van der Waals surface area contributed by atoms with Crippen molar-refractivity contribution in [3.63, 3.8) is 0 Å². The quantitative estimate of drug-likeness (QED) is 0.737. The molecule has 0 bridgehead atoms. The molecule has 1 rings (SSSR count). The number of rotatable bonds is 5. The van der Waals surface area contributed by atoms with Gasteiger partial charge in [-0.2, -0.15) is 0 Å². The topological polar surface area (TPSA) is 96.5 Å². The molecule has 0 aromatic carbocycles. The first-order valence-corrected chi connectivity index (χ1v) is 4.77. The second kappa shape index (κ2) is 5.11. The Morgan fingerprint density at radius 2 is 2.25 bits per heavy atom. The van der Waals surface area contributed by atoms with E-state index < -0.39 is 11.9 Å². The molecule has 6 nitrogen and oxygen atoms in total. The molecular formula is C10H13N3O3. The fourth-order valence-corrected chi connectivity index (χ4v) is 1.34. The summed E-state index contributed by atoms with van der Waals surface area (Å²) in [6.07, 6.45) is 1.49. The van der Waals surface area contributed by atoms with E-state index in [2.05, 4.69) is 4.98 Å². The lowest BCUT2D eigenvalue weighted by Gasteiger charge is -2.21. The number of carboxylic acid groups (broad SMARTS) is 1. The van der Waals surface area contributed by atoms with Crippen LogP contribution in [0.3, 0.4) is 0 Å². The lowest BCUT2D eigenvalue weighted by atomic mass is 10.2. The van der Waals surface area contributed by atoms with Crippen molar-refractivity contribution in [2.45, 2.75) is 6.92 Å². The summed E-state index contributed by atoms with van der Waals surface area (Å²) in [7, 11) is 0. The first-order chi connectivity index (χ1) is 7.56. The SMILES string of the molecule is CCN(CC(=O)O)c1ncccc1C(N)=O. The molecule has 1 aromatic rings. The number of carbonyl (C=O) groups is 2. The zero-order chi connectivity index (χ0) is 12.1. The maximum Gasteiger partial charge on any atom is 0.323 e. The normalized spacial score (nSPS) is 9.81. The molecule has 0 fully saturated rings. The maximum atomic E-state index is 11.1. The molecule has 16 heavy (non-hydrogen) atoms. The van der Waals surface area contributed by atoms with Gasteiger partial charge in [-0.3, -0.25) is 9.59 Å². The number of likely N-dealkylation sites (N-methyl/N-ethyl adjacent to an activating group) is 1. The third-order valence-electron chi connectivity index (χ3n) is 2.06. The Morgan fingerprint density at radius 1 is 1.56 bits per heavy atom. The molecule has 3 N–H and O–H groups in total. The Hall–Kier alpha value is -2.11. The molecule has 0 atom stereocenters. The van der Waals surface area contributed by atoms with Crippen LogP contribution >= 0.6 is 0 Å². The molecule has 0 aliphatic rings. The van der Waals surface area contributed by atoms with Crippen molar-refractivity contribution < 1.29 is 14.7 Å². The van der Waals surface area contributed by atoms with Gasteiger partial charge in [-0.05, 0) is 19.1 Å². The van der Waals surface area contributed by atoms with E-state index in [9.17, 15) is 9.59 Å². The molecule has 0 aliphatic carbocycles. The van der Waals surface area contributed by atoms with E-state index in [0.717, 1.165) is 0 Å². The molecule has 0 saturated heterocycles. The van der Waals surface area contributed by atoms with E-state index in [1.807, 2.05) is 0 Å². The van der Waals surface area contributed by atoms with Crippen LogP contribution in [-0.4, -0.2) is 35.1 Å². The Bertz CT molecular complexity index is 406. The monoisotopic (exact) mass is 223 g/mol. The lowest BCUT2D eigenvalue weighted by Crippen LogP contribution is -2.32. The number of amides is 1. The maximum absolute atomic E-state index is 11.1. The van der Waals surface area contributed by atoms with Gasteiger partial charge in [0, 0.05) is 12.7 Å². The standard InChI is InChI=1S/C10H13N3O3/c1-2-13(6-8(14)15)10-7(9(11)16)4-3-5-12-10/h3-5H,2,6H2,1H3,(H2,11,16)(H,14,15). The van der Waals surface area contributed by atoms with Gasteiger partial charge in [-0.15, -0.1) is 0 Å². The molecule has 1 aromatic heterocycles. The van der Waals surface area contributed by atoms with Gasteiger partial charge in [0.25, 0.3) is 5.91 Å². The zero-order valence-electron chi connectivity index (χ0n) is 8.88. The van der Waals surface area contributed by atoms with Crippen LogP contribution < -0.4 is 10.6 Å². The van der Waals surface area contributed by atoms with Crippen LogP contribution in [0.5, 0.6) is 0 Å². The number of pyridine rings is 1. The fraction of sp³-hybridized carbons (Fsp3) is 0.300. The average molecular weight is 223 g/mol. The minimum absolute atomic E-state index is 0.214. The summed E-state index contributed by atoms with van der Waals surface area (Å²) in [6, 6.07) is 3.10. The molecule has 6 heteroatoms. The van der Waals surface area contributed by atoms with Crippen LogP contribution in [0.4, 0.5) is 5.82 Å². The van der Waals surface area contributed by atoms with Crippen LogP contribution in [0.25, 0.3) is 0 Å². The van der Waals surface area contributed by atoms with E-state index in [1.165, 1.54) is 17.2 Å². The molecule has 1 heterocycles. The van der Waals surface area contributed by atoms with Gasteiger partial charge in [0.2, 0.25) is 0 Å². The smallest absolute Gasteiger partial charge is 0.323 e. The number of anilines is 1. The molecule has 0 saturated carbocycles. The van der Waals surface area contributed by atoms with Crippen LogP contribution in [0.2, 0.25) is 0 Å². The summed E-state index contributed by atoms with van der Waals surface area (Å²) in [5.41, 5.74) is 5.41. The fourth-order valence-electron chi connectivity index (χ4n) is 1.34. The van der Waals surface area contributed by atoms with Crippen molar-refractivity contribution in [1.82, 2.24) is 4.98 Å². The molecule has 1 amide bonds. The van der Waals surface area contributed by atoms with Crippen LogP contribution in [0.1, 0.15) is 17.3 Å². The Kier molecular flexibility index (Phi) is 3.82. The average Bonchev–Trinajstić information content (AvgIpc) is 2.25. The highest BCUT2D eigenvalue weighted by Crippen LogP contribution is 2.15. The second-order valence-corrected chi connectivity index (χ2v) is 3.15. The van der Waals surface area contributed by atoms with Crippen LogP contribution in [0.15, 0.2) is 18.3 Å². The summed E-state index contributed by atoms with van der Waals surface area (Å²) in [4.78, 5) is 27.2. The minimum Gasteiger partial charge on any atom is -0.480 e. The lowest BCUT2D eigenvalue weighted by molar-refractivity contribution is -0.135. The summed E-state index contributed by atoms with van der Waals surface area (Å²) in [6.45, 7) is 2.00. The Balaban J connectivity index is 3.08. The number of aromatic nitrogens is 1. The van der Waals surface area contributed by atoms with Crippen molar-refractivity contribution in [2.24, 2.45) is 5.73 Å². The molecule has 86 valence electrons. The minimum atomic E-state index is -0.983. The van der Waals surface area contributed by atoms with Gasteiger partial charge >= 0.3 is 5.97 Å². The first kappa shape index (κ1) is 12.0. The predicted octanol–water partition coefficient (Wildman–Crippen LogP) is 0.0914. The van der Waals surface area contributed by atoms with E-state index >= 15 is 0 Å². The van der Waals surface area contributed by atoms with Crippen molar-refractivity contribution >= 4 is 17.7 Å². The van der Waals surface area contributed by atoms with Gasteiger partial charge in [-0.25, -0.2) is 4.98 Å². The number of hydrogen-bond acceptors (Lipinski definition) is 4. The van der Waals surface area contributed by atoms with Gasteiger partial charge in [0.15, 0.2) is 0 Å². The van der Waals surface area contributed by atoms with Crippen LogP contribution in [0, 0.1) is 0 Å². The molecule has 0 spiro atoms. The van der Waals surface area contributed by atoms with Gasteiger partial charge in [0.1, 0.15) is 12.4 Å². The summed E-state index contributed by atoms with van der Waals surface area (Å²) >= 11 is 0. The number of hydrogen-bond donors (Lipinski definition) is 2. The highest BCUT2D eigenvalue weighted by molar-refractivity contribution is 5.98. The van der Waals surface area contributed by atoms with Crippen LogP contribution in [-0.2, 0) is 4.79 Å². The largest absolute Gasteiger partial charge is 0.480 e. The Morgan fingerprint density at radius 3 is 2.75 bits per heavy atom. The third-order valence-corrected chi connectivity index (χ3v) is 2.06. The number of aliphatic carboxylic acids is 1. The first-order valence-electron chi connectivity index (χ1n) is 4.77. The van der Waals surface area contributed by atoms with Crippen molar-refractivity contribution in [2.75, 3.05) is 18.0 Å².